The summed E-state index contributed by atoms with van der Waals surface area (Å²) in [6.07, 6.45) is 6.04. The molecule has 0 spiro atoms. The zero-order valence-electron chi connectivity index (χ0n) is 13.7. The summed E-state index contributed by atoms with van der Waals surface area (Å²) < 4.78 is 0. The Morgan fingerprint density at radius 3 is 2.82 bits per heavy atom. The van der Waals surface area contributed by atoms with Gasteiger partial charge in [0.25, 0.3) is 5.91 Å². The van der Waals surface area contributed by atoms with Crippen LogP contribution in [0.3, 0.4) is 0 Å². The van der Waals surface area contributed by atoms with Gasteiger partial charge in [0, 0.05) is 24.0 Å². The predicted molar refractivity (Wildman–Crippen MR) is 91.8 cm³/mol. The Labute approximate surface area is 137 Å². The van der Waals surface area contributed by atoms with Gasteiger partial charge in [0.15, 0.2) is 0 Å². The zero-order chi connectivity index (χ0) is 15.5. The maximum atomic E-state index is 12.2. The second kappa shape index (κ2) is 7.11. The molecule has 0 atom stereocenters. The van der Waals surface area contributed by atoms with Crippen LogP contribution in [0.5, 0.6) is 0 Å². The van der Waals surface area contributed by atoms with Gasteiger partial charge in [0.05, 0.1) is 4.88 Å². The minimum absolute atomic E-state index is 0.113. The van der Waals surface area contributed by atoms with E-state index in [1.165, 1.54) is 29.7 Å². The number of thiophene rings is 1. The molecule has 0 radical (unpaired) electrons. The molecule has 0 aromatic carbocycles. The first kappa shape index (κ1) is 16.0. The van der Waals surface area contributed by atoms with Gasteiger partial charge in [-0.1, -0.05) is 0 Å². The highest BCUT2D eigenvalue weighted by Crippen LogP contribution is 2.30. The second-order valence-electron chi connectivity index (χ2n) is 6.70. The van der Waals surface area contributed by atoms with E-state index in [9.17, 15) is 4.79 Å². The quantitative estimate of drug-likeness (QED) is 0.901. The van der Waals surface area contributed by atoms with Crippen LogP contribution < -0.4 is 5.32 Å². The number of nitrogens with one attached hydrogen (secondary N) is 1. The summed E-state index contributed by atoms with van der Waals surface area (Å²) in [6, 6.07) is 2.82. The lowest BCUT2D eigenvalue weighted by Crippen LogP contribution is -2.44. The normalized spacial score (nSPS) is 19.6. The van der Waals surface area contributed by atoms with Crippen LogP contribution in [0.15, 0.2) is 6.07 Å². The highest BCUT2D eigenvalue weighted by atomic mass is 32.1. The largest absolute Gasteiger partial charge is 0.350 e. The lowest BCUT2D eigenvalue weighted by molar-refractivity contribution is 0.0944. The van der Waals surface area contributed by atoms with E-state index in [0.29, 0.717) is 0 Å². The number of rotatable bonds is 5. The van der Waals surface area contributed by atoms with Gasteiger partial charge in [0.2, 0.25) is 0 Å². The first-order chi connectivity index (χ1) is 10.6. The second-order valence-corrected chi connectivity index (χ2v) is 7.84. The molecule has 1 aliphatic heterocycles. The Bertz CT molecular complexity index is 496. The molecule has 2 heterocycles. The van der Waals surface area contributed by atoms with Gasteiger partial charge in [0.1, 0.15) is 0 Å². The van der Waals surface area contributed by atoms with E-state index >= 15 is 0 Å². The van der Waals surface area contributed by atoms with Crippen LogP contribution in [0.25, 0.3) is 0 Å². The van der Waals surface area contributed by atoms with E-state index in [1.807, 2.05) is 0 Å². The Balaban J connectivity index is 1.39. The molecule has 2 aliphatic rings. The van der Waals surface area contributed by atoms with Crippen LogP contribution in [0.2, 0.25) is 0 Å². The van der Waals surface area contributed by atoms with Gasteiger partial charge >= 0.3 is 0 Å². The number of hydrogen-bond donors (Lipinski definition) is 1. The maximum Gasteiger partial charge on any atom is 0.261 e. The lowest BCUT2D eigenvalue weighted by atomic mass is 10.0. The van der Waals surface area contributed by atoms with E-state index in [1.54, 1.807) is 11.3 Å². The van der Waals surface area contributed by atoms with Crippen molar-refractivity contribution < 1.29 is 4.79 Å². The molecule has 0 unspecified atom stereocenters. The molecule has 0 saturated carbocycles. The Morgan fingerprint density at radius 2 is 2.14 bits per heavy atom. The number of fused-ring (bicyclic) bond motifs is 1. The van der Waals surface area contributed by atoms with E-state index in [0.717, 1.165) is 49.9 Å². The predicted octanol–water partition coefficient (Wildman–Crippen LogP) is 1.99. The molecule has 1 aromatic heterocycles. The molecule has 4 nitrogen and oxygen atoms in total. The van der Waals surface area contributed by atoms with Gasteiger partial charge in [-0.25, -0.2) is 0 Å². The van der Waals surface area contributed by atoms with Gasteiger partial charge in [-0.2, -0.15) is 0 Å². The zero-order valence-corrected chi connectivity index (χ0v) is 14.5. The summed E-state index contributed by atoms with van der Waals surface area (Å²) in [6.45, 7) is 4.02. The van der Waals surface area contributed by atoms with Crippen LogP contribution in [0, 0.1) is 0 Å². The fourth-order valence-electron chi connectivity index (χ4n) is 3.51. The highest BCUT2D eigenvalue weighted by Gasteiger charge is 2.21. The average molecular weight is 321 g/mol. The molecule has 22 heavy (non-hydrogen) atoms. The van der Waals surface area contributed by atoms with Crippen LogP contribution in [-0.4, -0.2) is 62.0 Å². The number of piperidine rings is 1. The van der Waals surface area contributed by atoms with Crippen molar-refractivity contribution in [3.05, 3.63) is 21.4 Å². The first-order valence-corrected chi connectivity index (χ1v) is 9.23. The fraction of sp³-hybridized carbons (Fsp3) is 0.706. The van der Waals surface area contributed by atoms with Gasteiger partial charge in [-0.15, -0.1) is 11.3 Å². The number of likely N-dealkylation sites (tertiary alicyclic amines) is 1. The number of amides is 1. The minimum atomic E-state index is 0.113. The van der Waals surface area contributed by atoms with E-state index in [2.05, 4.69) is 35.3 Å². The molecule has 0 bridgehead atoms. The third kappa shape index (κ3) is 3.70. The fourth-order valence-corrected chi connectivity index (χ4v) is 4.68. The molecule has 3 rings (SSSR count). The topological polar surface area (TPSA) is 35.6 Å². The average Bonchev–Trinajstić information content (AvgIpc) is 3.09. The summed E-state index contributed by atoms with van der Waals surface area (Å²) in [4.78, 5) is 19.3. The van der Waals surface area contributed by atoms with Crippen molar-refractivity contribution in [3.63, 3.8) is 0 Å². The first-order valence-electron chi connectivity index (χ1n) is 8.42. The molecular formula is C17H27N3OS. The van der Waals surface area contributed by atoms with Crippen LogP contribution in [-0.2, 0) is 12.8 Å². The summed E-state index contributed by atoms with van der Waals surface area (Å²) in [5.41, 5.74) is 1.40. The lowest BCUT2D eigenvalue weighted by Gasteiger charge is -2.35. The van der Waals surface area contributed by atoms with Crippen molar-refractivity contribution in [2.45, 2.75) is 38.1 Å². The van der Waals surface area contributed by atoms with Crippen molar-refractivity contribution >= 4 is 17.2 Å². The molecular weight excluding hydrogens is 294 g/mol. The number of hydrogen-bond acceptors (Lipinski definition) is 4. The Kier molecular flexibility index (Phi) is 5.16. The van der Waals surface area contributed by atoms with Crippen LogP contribution >= 0.6 is 11.3 Å². The molecule has 1 amide bonds. The third-order valence-electron chi connectivity index (χ3n) is 4.97. The summed E-state index contributed by atoms with van der Waals surface area (Å²) in [5, 5.41) is 3.09. The molecule has 1 fully saturated rings. The van der Waals surface area contributed by atoms with Crippen molar-refractivity contribution in [3.8, 4) is 0 Å². The van der Waals surface area contributed by atoms with Crippen molar-refractivity contribution in [1.82, 2.24) is 15.1 Å². The maximum absolute atomic E-state index is 12.2. The standard InChI is InChI=1S/C17H27N3OS/c1-19(2)14-6-9-20(10-7-14)11-8-18-17(21)16-12-13-4-3-5-15(13)22-16/h12,14H,3-11H2,1-2H3,(H,18,21). The number of carbonyl (C=O) groups is 1. The van der Waals surface area contributed by atoms with E-state index < -0.39 is 0 Å². The van der Waals surface area contributed by atoms with Crippen LogP contribution in [0.1, 0.15) is 39.4 Å². The van der Waals surface area contributed by atoms with Gasteiger partial charge in [-0.05, 0) is 70.9 Å². The molecule has 1 N–H and O–H groups in total. The number of carbonyl (C=O) groups excluding carboxylic acids is 1. The van der Waals surface area contributed by atoms with Crippen molar-refractivity contribution in [1.29, 1.82) is 0 Å². The monoisotopic (exact) mass is 321 g/mol. The highest BCUT2D eigenvalue weighted by molar-refractivity contribution is 7.14. The van der Waals surface area contributed by atoms with Crippen molar-refractivity contribution in [2.75, 3.05) is 40.3 Å². The number of aryl methyl sites for hydroxylation is 2. The van der Waals surface area contributed by atoms with E-state index in [-0.39, 0.29) is 5.91 Å². The SMILES string of the molecule is CN(C)C1CCN(CCNC(=O)c2cc3c(s2)CCC3)CC1. The Hall–Kier alpha value is -0.910. The van der Waals surface area contributed by atoms with Gasteiger partial charge < -0.3 is 15.1 Å². The smallest absolute Gasteiger partial charge is 0.261 e. The summed E-state index contributed by atoms with van der Waals surface area (Å²) in [7, 11) is 4.33. The van der Waals surface area contributed by atoms with Crippen molar-refractivity contribution in [2.24, 2.45) is 0 Å². The molecule has 122 valence electrons. The summed E-state index contributed by atoms with van der Waals surface area (Å²) >= 11 is 1.69. The van der Waals surface area contributed by atoms with E-state index in [4.69, 9.17) is 0 Å². The number of nitrogens with zero attached hydrogens (tertiary/aromatic N) is 2. The molecule has 1 aromatic rings. The molecule has 1 aliphatic carbocycles. The Morgan fingerprint density at radius 1 is 1.36 bits per heavy atom. The third-order valence-corrected chi connectivity index (χ3v) is 6.21. The minimum Gasteiger partial charge on any atom is -0.350 e. The summed E-state index contributed by atoms with van der Waals surface area (Å²) in [5.74, 6) is 0.113. The molecule has 1 saturated heterocycles. The van der Waals surface area contributed by atoms with Crippen LogP contribution in [0.4, 0.5) is 0 Å². The molecule has 5 heteroatoms. The van der Waals surface area contributed by atoms with Gasteiger partial charge in [-0.3, -0.25) is 4.79 Å².